The highest BCUT2D eigenvalue weighted by Gasteiger charge is 2.26. The number of fused-ring (bicyclic) bond motifs is 1. The second-order valence-corrected chi connectivity index (χ2v) is 4.56. The molecule has 1 aliphatic heterocycles. The summed E-state index contributed by atoms with van der Waals surface area (Å²) >= 11 is 0. The molecule has 2 N–H and O–H groups in total. The van der Waals surface area contributed by atoms with Gasteiger partial charge >= 0.3 is 0 Å². The molecule has 2 atom stereocenters. The van der Waals surface area contributed by atoms with Gasteiger partial charge in [0.15, 0.2) is 0 Å². The zero-order valence-electron chi connectivity index (χ0n) is 10.1. The summed E-state index contributed by atoms with van der Waals surface area (Å²) in [5.74, 6) is 0.933. The summed E-state index contributed by atoms with van der Waals surface area (Å²) in [7, 11) is 0. The van der Waals surface area contributed by atoms with Gasteiger partial charge < -0.3 is 15.2 Å². The van der Waals surface area contributed by atoms with Gasteiger partial charge in [0.2, 0.25) is 0 Å². The molecule has 2 rings (SSSR count). The topological polar surface area (TPSA) is 41.5 Å². The Morgan fingerprint density at radius 1 is 1.38 bits per heavy atom. The van der Waals surface area contributed by atoms with Crippen LogP contribution in [0.2, 0.25) is 0 Å². The normalized spacial score (nSPS) is 23.2. The zero-order valence-corrected chi connectivity index (χ0v) is 10.1. The van der Waals surface area contributed by atoms with Crippen LogP contribution in [0.15, 0.2) is 12.1 Å². The largest absolute Gasteiger partial charge is 0.486 e. The van der Waals surface area contributed by atoms with Crippen LogP contribution >= 0.6 is 0 Å². The Morgan fingerprint density at radius 2 is 2.12 bits per heavy atom. The third-order valence-electron chi connectivity index (χ3n) is 3.04. The van der Waals surface area contributed by atoms with Crippen molar-refractivity contribution in [3.05, 3.63) is 23.3 Å². The monoisotopic (exact) mass is 221 g/mol. The minimum atomic E-state index is 0.0545. The van der Waals surface area contributed by atoms with Crippen molar-refractivity contribution in [3.8, 4) is 5.75 Å². The minimum absolute atomic E-state index is 0.0545. The number of aliphatic hydroxyl groups excluding tert-OH is 1. The quantitative estimate of drug-likeness (QED) is 0.804. The van der Waals surface area contributed by atoms with Crippen molar-refractivity contribution < 1.29 is 9.84 Å². The molecule has 0 aliphatic carbocycles. The standard InChI is InChI=1S/C13H19NO2/c1-8-6-9(2)13-11(7-8)14-10(3)12(16-13)4-5-15/h6-7,10,12,14-15H,4-5H2,1-3H3. The Balaban J connectivity index is 2.31. The Labute approximate surface area is 96.4 Å². The molecule has 0 spiro atoms. The number of hydrogen-bond donors (Lipinski definition) is 2. The minimum Gasteiger partial charge on any atom is -0.486 e. The van der Waals surface area contributed by atoms with E-state index in [1.165, 1.54) is 5.56 Å². The second-order valence-electron chi connectivity index (χ2n) is 4.56. The summed E-state index contributed by atoms with van der Waals surface area (Å²) in [6.45, 7) is 6.39. The van der Waals surface area contributed by atoms with Crippen molar-refractivity contribution in [2.24, 2.45) is 0 Å². The van der Waals surface area contributed by atoms with Gasteiger partial charge in [-0.25, -0.2) is 0 Å². The Hall–Kier alpha value is -1.22. The van der Waals surface area contributed by atoms with E-state index in [9.17, 15) is 0 Å². The molecule has 0 amide bonds. The van der Waals surface area contributed by atoms with Gasteiger partial charge in [0.05, 0.1) is 11.7 Å². The van der Waals surface area contributed by atoms with E-state index in [-0.39, 0.29) is 18.8 Å². The molecule has 3 nitrogen and oxygen atoms in total. The van der Waals surface area contributed by atoms with E-state index in [4.69, 9.17) is 9.84 Å². The molecule has 0 saturated heterocycles. The van der Waals surface area contributed by atoms with Crippen molar-refractivity contribution in [1.82, 2.24) is 0 Å². The number of rotatable bonds is 2. The summed E-state index contributed by atoms with van der Waals surface area (Å²) in [4.78, 5) is 0. The maximum atomic E-state index is 8.99. The molecular weight excluding hydrogens is 202 g/mol. The van der Waals surface area contributed by atoms with E-state index in [1.54, 1.807) is 0 Å². The number of aryl methyl sites for hydroxylation is 2. The Kier molecular flexibility index (Phi) is 3.06. The SMILES string of the molecule is Cc1cc(C)c2c(c1)NC(C)C(CCO)O2. The zero-order chi connectivity index (χ0) is 11.7. The molecule has 2 unspecified atom stereocenters. The first kappa shape index (κ1) is 11.3. The van der Waals surface area contributed by atoms with Gasteiger partial charge in [-0.1, -0.05) is 6.07 Å². The molecule has 0 radical (unpaired) electrons. The molecule has 1 aromatic carbocycles. The highest BCUT2D eigenvalue weighted by atomic mass is 16.5. The molecule has 0 saturated carbocycles. The summed E-state index contributed by atoms with van der Waals surface area (Å²) in [6.07, 6.45) is 0.722. The van der Waals surface area contributed by atoms with Crippen molar-refractivity contribution in [3.63, 3.8) is 0 Å². The van der Waals surface area contributed by atoms with Crippen molar-refractivity contribution in [1.29, 1.82) is 0 Å². The lowest BCUT2D eigenvalue weighted by molar-refractivity contribution is 0.133. The van der Waals surface area contributed by atoms with Crippen molar-refractivity contribution in [2.75, 3.05) is 11.9 Å². The second kappa shape index (κ2) is 4.34. The van der Waals surface area contributed by atoms with Gasteiger partial charge in [-0.05, 0) is 38.0 Å². The number of benzene rings is 1. The fraction of sp³-hybridized carbons (Fsp3) is 0.538. The summed E-state index contributed by atoms with van der Waals surface area (Å²) < 4.78 is 5.95. The molecule has 1 heterocycles. The lowest BCUT2D eigenvalue weighted by atomic mass is 10.0. The highest BCUT2D eigenvalue weighted by Crippen LogP contribution is 2.36. The van der Waals surface area contributed by atoms with E-state index in [1.807, 2.05) is 0 Å². The molecule has 0 aromatic heterocycles. The van der Waals surface area contributed by atoms with Gasteiger partial charge in [0.1, 0.15) is 11.9 Å². The number of nitrogens with one attached hydrogen (secondary N) is 1. The van der Waals surface area contributed by atoms with E-state index in [0.717, 1.165) is 17.0 Å². The van der Waals surface area contributed by atoms with Crippen LogP contribution in [0, 0.1) is 13.8 Å². The highest BCUT2D eigenvalue weighted by molar-refractivity contribution is 5.63. The molecule has 3 heteroatoms. The molecule has 0 bridgehead atoms. The van der Waals surface area contributed by atoms with Crippen LogP contribution in [0.1, 0.15) is 24.5 Å². The van der Waals surface area contributed by atoms with Crippen molar-refractivity contribution >= 4 is 5.69 Å². The molecule has 88 valence electrons. The molecule has 0 fully saturated rings. The lowest BCUT2D eigenvalue weighted by Gasteiger charge is -2.34. The number of ether oxygens (including phenoxy) is 1. The third kappa shape index (κ3) is 2.00. The van der Waals surface area contributed by atoms with Crippen LogP contribution in [-0.2, 0) is 0 Å². The van der Waals surface area contributed by atoms with Gasteiger partial charge in [-0.3, -0.25) is 0 Å². The van der Waals surface area contributed by atoms with Crippen LogP contribution < -0.4 is 10.1 Å². The van der Waals surface area contributed by atoms with E-state index in [2.05, 4.69) is 38.2 Å². The fourth-order valence-electron chi connectivity index (χ4n) is 2.25. The predicted molar refractivity (Wildman–Crippen MR) is 65.1 cm³/mol. The van der Waals surface area contributed by atoms with Crippen LogP contribution in [0.25, 0.3) is 0 Å². The van der Waals surface area contributed by atoms with Gasteiger partial charge in [-0.15, -0.1) is 0 Å². The summed E-state index contributed by atoms with van der Waals surface area (Å²) in [5, 5.41) is 12.4. The van der Waals surface area contributed by atoms with Crippen molar-refractivity contribution in [2.45, 2.75) is 39.3 Å². The predicted octanol–water partition coefficient (Wildman–Crippen LogP) is 2.25. The molecule has 16 heavy (non-hydrogen) atoms. The van der Waals surface area contributed by atoms with Gasteiger partial charge in [0, 0.05) is 13.0 Å². The number of aliphatic hydroxyl groups is 1. The van der Waals surface area contributed by atoms with Gasteiger partial charge in [0.25, 0.3) is 0 Å². The van der Waals surface area contributed by atoms with Crippen LogP contribution in [0.4, 0.5) is 5.69 Å². The number of hydrogen-bond acceptors (Lipinski definition) is 3. The van der Waals surface area contributed by atoms with Gasteiger partial charge in [-0.2, -0.15) is 0 Å². The van der Waals surface area contributed by atoms with Crippen LogP contribution in [0.5, 0.6) is 5.75 Å². The van der Waals surface area contributed by atoms with Crippen LogP contribution in [0.3, 0.4) is 0 Å². The smallest absolute Gasteiger partial charge is 0.145 e. The average Bonchev–Trinajstić information content (AvgIpc) is 2.20. The van der Waals surface area contributed by atoms with E-state index < -0.39 is 0 Å². The summed E-state index contributed by atoms with van der Waals surface area (Å²) in [5.41, 5.74) is 3.46. The molecule has 1 aromatic rings. The molecule has 1 aliphatic rings. The van der Waals surface area contributed by atoms with E-state index in [0.29, 0.717) is 6.42 Å². The maximum Gasteiger partial charge on any atom is 0.145 e. The maximum absolute atomic E-state index is 8.99. The third-order valence-corrected chi connectivity index (χ3v) is 3.04. The average molecular weight is 221 g/mol. The van der Waals surface area contributed by atoms with E-state index >= 15 is 0 Å². The Morgan fingerprint density at radius 3 is 2.81 bits per heavy atom. The fourth-order valence-corrected chi connectivity index (χ4v) is 2.25. The first-order valence-corrected chi connectivity index (χ1v) is 5.77. The first-order valence-electron chi connectivity index (χ1n) is 5.77. The Bertz CT molecular complexity index is 390. The summed E-state index contributed by atoms with van der Waals surface area (Å²) in [6, 6.07) is 4.46. The first-order chi connectivity index (χ1) is 7.61. The molecular formula is C13H19NO2. The van der Waals surface area contributed by atoms with Crippen LogP contribution in [-0.4, -0.2) is 23.9 Å². The lowest BCUT2D eigenvalue weighted by Crippen LogP contribution is -2.40. The number of anilines is 1.